The van der Waals surface area contributed by atoms with E-state index in [0.717, 1.165) is 25.1 Å². The molecule has 0 radical (unpaired) electrons. The number of hydrogen-bond acceptors (Lipinski definition) is 3. The smallest absolute Gasteiger partial charge is 0.412 e. The third-order valence-electron chi connectivity index (χ3n) is 3.27. The molecule has 1 aromatic carbocycles. The largest absolute Gasteiger partial charge is 0.419 e. The van der Waals surface area contributed by atoms with Crippen molar-refractivity contribution in [2.24, 2.45) is 5.41 Å². The summed E-state index contributed by atoms with van der Waals surface area (Å²) in [5.41, 5.74) is 0.816. The summed E-state index contributed by atoms with van der Waals surface area (Å²) < 4.78 is 11.3. The number of hydrogen-bond donors (Lipinski definition) is 0. The number of benzene rings is 1. The fourth-order valence-electron chi connectivity index (χ4n) is 1.87. The van der Waals surface area contributed by atoms with Crippen LogP contribution in [0.5, 0.6) is 0 Å². The molecule has 1 amide bonds. The van der Waals surface area contributed by atoms with E-state index in [1.54, 1.807) is 4.90 Å². The Morgan fingerprint density at radius 3 is 2.40 bits per heavy atom. The normalized spacial score (nSPS) is 16.4. The molecule has 1 unspecified atom stereocenters. The first kappa shape index (κ1) is 14.9. The van der Waals surface area contributed by atoms with E-state index in [9.17, 15) is 4.79 Å². The van der Waals surface area contributed by atoms with Gasteiger partial charge in [0, 0.05) is 18.5 Å². The molecule has 2 rings (SSSR count). The summed E-state index contributed by atoms with van der Waals surface area (Å²) in [5.74, 6) is 0. The number of carbonyl (C=O) groups is 1. The van der Waals surface area contributed by atoms with E-state index in [-0.39, 0.29) is 11.5 Å². The van der Waals surface area contributed by atoms with Crippen LogP contribution in [0.15, 0.2) is 30.3 Å². The average molecular weight is 277 g/mol. The lowest BCUT2D eigenvalue weighted by Crippen LogP contribution is -2.46. The molecule has 1 aliphatic rings. The second kappa shape index (κ2) is 6.27. The van der Waals surface area contributed by atoms with Crippen LogP contribution in [0.2, 0.25) is 0 Å². The molecule has 1 atom stereocenters. The molecule has 110 valence electrons. The molecule has 4 heteroatoms. The van der Waals surface area contributed by atoms with Gasteiger partial charge in [-0.3, -0.25) is 0 Å². The van der Waals surface area contributed by atoms with Crippen molar-refractivity contribution in [1.82, 2.24) is 4.90 Å². The SMILES string of the molecule is CC(C)(C)C(OCc1ccccc1)OC(=O)N1CCC1. The van der Waals surface area contributed by atoms with Crippen LogP contribution in [-0.4, -0.2) is 30.4 Å². The van der Waals surface area contributed by atoms with Gasteiger partial charge in [0.1, 0.15) is 0 Å². The van der Waals surface area contributed by atoms with Crippen LogP contribution in [0.3, 0.4) is 0 Å². The Balaban J connectivity index is 1.91. The first-order valence-electron chi connectivity index (χ1n) is 7.08. The van der Waals surface area contributed by atoms with Crippen LogP contribution in [0.4, 0.5) is 4.79 Å². The number of likely N-dealkylation sites (tertiary alicyclic amines) is 1. The van der Waals surface area contributed by atoms with Crippen molar-refractivity contribution in [3.63, 3.8) is 0 Å². The van der Waals surface area contributed by atoms with E-state index in [0.29, 0.717) is 6.61 Å². The number of amides is 1. The first-order valence-corrected chi connectivity index (χ1v) is 7.08. The van der Waals surface area contributed by atoms with Gasteiger partial charge in [-0.15, -0.1) is 0 Å². The van der Waals surface area contributed by atoms with Crippen molar-refractivity contribution in [2.75, 3.05) is 13.1 Å². The summed E-state index contributed by atoms with van der Waals surface area (Å²) in [6.45, 7) is 8.03. The Bertz CT molecular complexity index is 435. The fourth-order valence-corrected chi connectivity index (χ4v) is 1.87. The van der Waals surface area contributed by atoms with Gasteiger partial charge in [0.15, 0.2) is 0 Å². The number of carbonyl (C=O) groups excluding carboxylic acids is 1. The standard InChI is InChI=1S/C16H23NO3/c1-16(2,3)14(20-15(18)17-10-7-11-17)19-12-13-8-5-4-6-9-13/h4-6,8-9,14H,7,10-12H2,1-3H3. The molecule has 0 aromatic heterocycles. The topological polar surface area (TPSA) is 38.8 Å². The van der Waals surface area contributed by atoms with Crippen LogP contribution < -0.4 is 0 Å². The Labute approximate surface area is 120 Å². The van der Waals surface area contributed by atoms with Crippen LogP contribution in [0, 0.1) is 5.41 Å². The van der Waals surface area contributed by atoms with Gasteiger partial charge in [0.25, 0.3) is 0 Å². The molecule has 1 saturated heterocycles. The Morgan fingerprint density at radius 1 is 1.25 bits per heavy atom. The highest BCUT2D eigenvalue weighted by Crippen LogP contribution is 2.25. The van der Waals surface area contributed by atoms with Gasteiger partial charge < -0.3 is 14.4 Å². The zero-order valence-electron chi connectivity index (χ0n) is 12.5. The molecule has 1 fully saturated rings. The van der Waals surface area contributed by atoms with Gasteiger partial charge in [0.2, 0.25) is 6.29 Å². The monoisotopic (exact) mass is 277 g/mol. The highest BCUT2D eigenvalue weighted by Gasteiger charge is 2.32. The van der Waals surface area contributed by atoms with Crippen LogP contribution in [0.25, 0.3) is 0 Å². The van der Waals surface area contributed by atoms with Gasteiger partial charge in [-0.2, -0.15) is 0 Å². The quantitative estimate of drug-likeness (QED) is 0.792. The minimum atomic E-state index is -0.546. The third-order valence-corrected chi connectivity index (χ3v) is 3.27. The van der Waals surface area contributed by atoms with Gasteiger partial charge in [0.05, 0.1) is 6.61 Å². The van der Waals surface area contributed by atoms with Crippen molar-refractivity contribution in [2.45, 2.75) is 40.1 Å². The maximum absolute atomic E-state index is 11.9. The number of nitrogens with zero attached hydrogens (tertiary/aromatic N) is 1. The molecule has 0 N–H and O–H groups in total. The highest BCUT2D eigenvalue weighted by atomic mass is 16.7. The average Bonchev–Trinajstić information content (AvgIpc) is 2.32. The van der Waals surface area contributed by atoms with E-state index < -0.39 is 6.29 Å². The summed E-state index contributed by atoms with van der Waals surface area (Å²) in [7, 11) is 0. The van der Waals surface area contributed by atoms with Crippen molar-refractivity contribution in [3.8, 4) is 0 Å². The summed E-state index contributed by atoms with van der Waals surface area (Å²) in [5, 5.41) is 0. The van der Waals surface area contributed by atoms with Gasteiger partial charge in [-0.1, -0.05) is 51.1 Å². The molecular formula is C16H23NO3. The van der Waals surface area contributed by atoms with Crippen molar-refractivity contribution in [3.05, 3.63) is 35.9 Å². The molecule has 20 heavy (non-hydrogen) atoms. The van der Waals surface area contributed by atoms with Crippen molar-refractivity contribution < 1.29 is 14.3 Å². The number of rotatable bonds is 4. The molecule has 4 nitrogen and oxygen atoms in total. The molecule has 1 heterocycles. The molecule has 0 aliphatic carbocycles. The van der Waals surface area contributed by atoms with Crippen LogP contribution >= 0.6 is 0 Å². The molecule has 1 aromatic rings. The van der Waals surface area contributed by atoms with Crippen LogP contribution in [-0.2, 0) is 16.1 Å². The Hall–Kier alpha value is -1.55. The highest BCUT2D eigenvalue weighted by molar-refractivity contribution is 5.68. The Kier molecular flexibility index (Phi) is 4.65. The minimum Gasteiger partial charge on any atom is -0.419 e. The van der Waals surface area contributed by atoms with Gasteiger partial charge in [-0.05, 0) is 12.0 Å². The lowest BCUT2D eigenvalue weighted by atomic mass is 9.96. The van der Waals surface area contributed by atoms with E-state index >= 15 is 0 Å². The van der Waals surface area contributed by atoms with Crippen LogP contribution in [0.1, 0.15) is 32.8 Å². The second-order valence-corrected chi connectivity index (χ2v) is 6.22. The van der Waals surface area contributed by atoms with E-state index in [2.05, 4.69) is 0 Å². The predicted octanol–water partition coefficient (Wildman–Crippen LogP) is 3.42. The maximum Gasteiger partial charge on any atom is 0.412 e. The van der Waals surface area contributed by atoms with Crippen molar-refractivity contribution >= 4 is 6.09 Å². The second-order valence-electron chi connectivity index (χ2n) is 6.22. The maximum atomic E-state index is 11.9. The summed E-state index contributed by atoms with van der Waals surface area (Å²) in [6, 6.07) is 9.90. The van der Waals surface area contributed by atoms with Gasteiger partial charge in [-0.25, -0.2) is 4.79 Å². The zero-order valence-corrected chi connectivity index (χ0v) is 12.5. The molecule has 0 bridgehead atoms. The summed E-state index contributed by atoms with van der Waals surface area (Å²) in [6.07, 6.45) is 0.236. The van der Waals surface area contributed by atoms with E-state index in [4.69, 9.17) is 9.47 Å². The molecular weight excluding hydrogens is 254 g/mol. The first-order chi connectivity index (χ1) is 9.47. The molecule has 1 aliphatic heterocycles. The predicted molar refractivity (Wildman–Crippen MR) is 77.1 cm³/mol. The number of ether oxygens (including phenoxy) is 2. The molecule has 0 spiro atoms. The van der Waals surface area contributed by atoms with E-state index in [1.807, 2.05) is 51.1 Å². The lowest BCUT2D eigenvalue weighted by molar-refractivity contribution is -0.174. The fraction of sp³-hybridized carbons (Fsp3) is 0.562. The summed E-state index contributed by atoms with van der Waals surface area (Å²) >= 11 is 0. The van der Waals surface area contributed by atoms with E-state index in [1.165, 1.54) is 0 Å². The Morgan fingerprint density at radius 2 is 1.90 bits per heavy atom. The summed E-state index contributed by atoms with van der Waals surface area (Å²) in [4.78, 5) is 13.6. The molecule has 0 saturated carbocycles. The third kappa shape index (κ3) is 3.97. The minimum absolute atomic E-state index is 0.255. The van der Waals surface area contributed by atoms with Crippen molar-refractivity contribution in [1.29, 1.82) is 0 Å². The lowest BCUT2D eigenvalue weighted by Gasteiger charge is -2.35. The zero-order chi connectivity index (χ0) is 14.6. The van der Waals surface area contributed by atoms with Gasteiger partial charge >= 0.3 is 6.09 Å².